The molecule has 8 nitrogen and oxygen atoms in total. The van der Waals surface area contributed by atoms with Gasteiger partial charge in [-0.1, -0.05) is 0 Å². The largest absolute Gasteiger partial charge is 0.363 e. The number of likely N-dealkylation sites (tertiary alicyclic amines) is 1. The van der Waals surface area contributed by atoms with E-state index in [1.807, 2.05) is 50.2 Å². The Balaban J connectivity index is 1.65. The number of aromatic nitrogens is 4. The maximum Gasteiger partial charge on any atom is 0.263 e. The average Bonchev–Trinajstić information content (AvgIpc) is 2.82. The summed E-state index contributed by atoms with van der Waals surface area (Å²) in [7, 11) is 5.59. The van der Waals surface area contributed by atoms with Crippen LogP contribution in [0.5, 0.6) is 0 Å². The molecule has 3 aromatic heterocycles. The Kier molecular flexibility index (Phi) is 6.03. The van der Waals surface area contributed by atoms with Crippen molar-refractivity contribution in [3.05, 3.63) is 70.0 Å². The number of hydrogen-bond acceptors (Lipinski definition) is 6. The predicted molar refractivity (Wildman–Crippen MR) is 124 cm³/mol. The third-order valence-electron chi connectivity index (χ3n) is 6.04. The van der Waals surface area contributed by atoms with Crippen LogP contribution in [-0.2, 0) is 7.05 Å². The molecule has 1 amide bonds. The summed E-state index contributed by atoms with van der Waals surface area (Å²) in [6.07, 6.45) is 5.23. The monoisotopic (exact) mass is 432 g/mol. The Labute approximate surface area is 187 Å². The topological polar surface area (TPSA) is 84.2 Å². The molecular formula is C24H28N6O2. The third-order valence-corrected chi connectivity index (χ3v) is 6.04. The van der Waals surface area contributed by atoms with Gasteiger partial charge in [0.05, 0.1) is 5.69 Å². The van der Waals surface area contributed by atoms with Gasteiger partial charge in [-0.05, 0) is 44.0 Å². The fraction of sp³-hybridized carbons (Fsp3) is 0.375. The van der Waals surface area contributed by atoms with Crippen LogP contribution in [0, 0.1) is 6.92 Å². The van der Waals surface area contributed by atoms with E-state index in [0.29, 0.717) is 18.9 Å². The first kappa shape index (κ1) is 21.7. The highest BCUT2D eigenvalue weighted by Crippen LogP contribution is 2.30. The standard InChI is InChI=1S/C24H28N6O2/c1-16-7-8-19(23(31)29(16)4)24(32)30-13-5-6-18(15-30)20-14-21(28(2)3)27-22(26-20)17-9-11-25-12-10-17/h7-12,14,18H,5-6,13,15H2,1-4H3. The van der Waals surface area contributed by atoms with E-state index in [9.17, 15) is 9.59 Å². The third kappa shape index (κ3) is 4.26. The molecule has 0 aromatic carbocycles. The van der Waals surface area contributed by atoms with Gasteiger partial charge in [0.25, 0.3) is 11.5 Å². The Morgan fingerprint density at radius 1 is 1.12 bits per heavy atom. The SMILES string of the molecule is Cc1ccc(C(=O)N2CCCC(c3cc(N(C)C)nc(-c4ccncc4)n3)C2)c(=O)n1C. The van der Waals surface area contributed by atoms with Crippen LogP contribution in [0.1, 0.15) is 40.5 Å². The van der Waals surface area contributed by atoms with Crippen molar-refractivity contribution in [3.8, 4) is 11.4 Å². The van der Waals surface area contributed by atoms with Crippen molar-refractivity contribution in [1.82, 2.24) is 24.4 Å². The van der Waals surface area contributed by atoms with E-state index in [1.54, 1.807) is 30.4 Å². The first-order valence-electron chi connectivity index (χ1n) is 10.8. The summed E-state index contributed by atoms with van der Waals surface area (Å²) in [4.78, 5) is 43.2. The maximum absolute atomic E-state index is 13.2. The van der Waals surface area contributed by atoms with E-state index < -0.39 is 0 Å². The van der Waals surface area contributed by atoms with Gasteiger partial charge in [-0.3, -0.25) is 14.6 Å². The maximum atomic E-state index is 13.2. The second-order valence-electron chi connectivity index (χ2n) is 8.45. The molecule has 8 heteroatoms. The van der Waals surface area contributed by atoms with Crippen molar-refractivity contribution in [2.75, 3.05) is 32.1 Å². The number of carbonyl (C=O) groups is 1. The van der Waals surface area contributed by atoms with Crippen molar-refractivity contribution >= 4 is 11.7 Å². The van der Waals surface area contributed by atoms with Crippen LogP contribution in [0.3, 0.4) is 0 Å². The zero-order chi connectivity index (χ0) is 22.8. The van der Waals surface area contributed by atoms with Gasteiger partial charge in [0.2, 0.25) is 0 Å². The lowest BCUT2D eigenvalue weighted by Gasteiger charge is -2.33. The minimum Gasteiger partial charge on any atom is -0.363 e. The highest BCUT2D eigenvalue weighted by Gasteiger charge is 2.28. The molecule has 1 aliphatic heterocycles. The Morgan fingerprint density at radius 2 is 1.88 bits per heavy atom. The van der Waals surface area contributed by atoms with Gasteiger partial charge >= 0.3 is 0 Å². The van der Waals surface area contributed by atoms with Crippen LogP contribution in [0.15, 0.2) is 47.5 Å². The number of nitrogens with zero attached hydrogens (tertiary/aromatic N) is 6. The molecule has 0 aliphatic carbocycles. The summed E-state index contributed by atoms with van der Waals surface area (Å²) in [5.41, 5.74) is 2.59. The van der Waals surface area contributed by atoms with Gasteiger partial charge in [0.1, 0.15) is 11.4 Å². The van der Waals surface area contributed by atoms with Crippen LogP contribution in [0.25, 0.3) is 11.4 Å². The molecular weight excluding hydrogens is 404 g/mol. The van der Waals surface area contributed by atoms with Crippen molar-refractivity contribution in [2.24, 2.45) is 7.05 Å². The van der Waals surface area contributed by atoms with Crippen molar-refractivity contribution < 1.29 is 4.79 Å². The van der Waals surface area contributed by atoms with E-state index in [0.717, 1.165) is 35.6 Å². The van der Waals surface area contributed by atoms with Crippen molar-refractivity contribution in [3.63, 3.8) is 0 Å². The molecule has 0 N–H and O–H groups in total. The predicted octanol–water partition coefficient (Wildman–Crippen LogP) is 2.63. The number of hydrogen-bond donors (Lipinski definition) is 0. The first-order valence-corrected chi connectivity index (χ1v) is 10.8. The smallest absolute Gasteiger partial charge is 0.263 e. The van der Waals surface area contributed by atoms with E-state index in [1.165, 1.54) is 4.57 Å². The van der Waals surface area contributed by atoms with Gasteiger partial charge in [-0.2, -0.15) is 0 Å². The molecule has 1 atom stereocenters. The fourth-order valence-electron chi connectivity index (χ4n) is 3.98. The lowest BCUT2D eigenvalue weighted by Crippen LogP contribution is -2.42. The Bertz CT molecular complexity index is 1190. The lowest BCUT2D eigenvalue weighted by atomic mass is 9.93. The molecule has 1 fully saturated rings. The Morgan fingerprint density at radius 3 is 2.59 bits per heavy atom. The van der Waals surface area contributed by atoms with Gasteiger partial charge in [-0.25, -0.2) is 9.97 Å². The molecule has 0 bridgehead atoms. The number of pyridine rings is 2. The van der Waals surface area contributed by atoms with Gasteiger partial charge in [-0.15, -0.1) is 0 Å². The molecule has 1 saturated heterocycles. The lowest BCUT2D eigenvalue weighted by molar-refractivity contribution is 0.0703. The molecule has 0 radical (unpaired) electrons. The Hall–Kier alpha value is -3.55. The molecule has 3 aromatic rings. The highest BCUT2D eigenvalue weighted by atomic mass is 16.2. The molecule has 4 heterocycles. The van der Waals surface area contributed by atoms with E-state index in [2.05, 4.69) is 4.98 Å². The molecule has 166 valence electrons. The fourth-order valence-corrected chi connectivity index (χ4v) is 3.98. The number of amides is 1. The molecule has 0 saturated carbocycles. The zero-order valence-corrected chi connectivity index (χ0v) is 18.9. The van der Waals surface area contributed by atoms with Gasteiger partial charge in [0.15, 0.2) is 5.82 Å². The summed E-state index contributed by atoms with van der Waals surface area (Å²) in [6, 6.07) is 9.23. The van der Waals surface area contributed by atoms with E-state index in [-0.39, 0.29) is 22.9 Å². The summed E-state index contributed by atoms with van der Waals surface area (Å²) < 4.78 is 1.52. The van der Waals surface area contributed by atoms with Crippen LogP contribution in [0.2, 0.25) is 0 Å². The highest BCUT2D eigenvalue weighted by molar-refractivity contribution is 5.94. The minimum absolute atomic E-state index is 0.0734. The van der Waals surface area contributed by atoms with Crippen molar-refractivity contribution in [1.29, 1.82) is 0 Å². The van der Waals surface area contributed by atoms with Crippen LogP contribution in [-0.4, -0.2) is 57.5 Å². The second kappa shape index (κ2) is 8.90. The van der Waals surface area contributed by atoms with Crippen LogP contribution >= 0.6 is 0 Å². The summed E-state index contributed by atoms with van der Waals surface area (Å²) in [6.45, 7) is 3.01. The number of rotatable bonds is 4. The normalized spacial score (nSPS) is 16.1. The van der Waals surface area contributed by atoms with Crippen molar-refractivity contribution in [2.45, 2.75) is 25.7 Å². The van der Waals surface area contributed by atoms with Crippen LogP contribution in [0.4, 0.5) is 5.82 Å². The summed E-state index contributed by atoms with van der Waals surface area (Å²) in [5, 5.41) is 0. The van der Waals surface area contributed by atoms with Gasteiger partial charge in [0, 0.05) is 69.9 Å². The molecule has 32 heavy (non-hydrogen) atoms. The molecule has 4 rings (SSSR count). The number of piperidine rings is 1. The second-order valence-corrected chi connectivity index (χ2v) is 8.45. The molecule has 0 spiro atoms. The molecule has 1 aliphatic rings. The van der Waals surface area contributed by atoms with E-state index >= 15 is 0 Å². The summed E-state index contributed by atoms with van der Waals surface area (Å²) in [5.74, 6) is 1.32. The quantitative estimate of drug-likeness (QED) is 0.630. The number of carbonyl (C=O) groups excluding carboxylic acids is 1. The number of aryl methyl sites for hydroxylation is 1. The van der Waals surface area contributed by atoms with Gasteiger partial charge < -0.3 is 14.4 Å². The van der Waals surface area contributed by atoms with Crippen LogP contribution < -0.4 is 10.5 Å². The molecule has 1 unspecified atom stereocenters. The number of anilines is 1. The van der Waals surface area contributed by atoms with E-state index in [4.69, 9.17) is 9.97 Å². The summed E-state index contributed by atoms with van der Waals surface area (Å²) >= 11 is 0. The minimum atomic E-state index is -0.256. The average molecular weight is 433 g/mol. The first-order chi connectivity index (χ1) is 15.3. The zero-order valence-electron chi connectivity index (χ0n) is 18.9.